The van der Waals surface area contributed by atoms with Crippen LogP contribution in [0.4, 0.5) is 0 Å². The Kier molecular flexibility index (Phi) is 7.88. The molecule has 0 amide bonds. The number of hydrogen-bond donors (Lipinski definition) is 2. The van der Waals surface area contributed by atoms with Crippen molar-refractivity contribution >= 4 is 49.0 Å². The van der Waals surface area contributed by atoms with Crippen LogP contribution in [0.2, 0.25) is 5.02 Å². The zero-order valence-corrected chi connectivity index (χ0v) is 8.23. The van der Waals surface area contributed by atoms with Crippen molar-refractivity contribution in [2.75, 3.05) is 0 Å². The lowest BCUT2D eigenvalue weighted by Crippen LogP contribution is -2.30. The summed E-state index contributed by atoms with van der Waals surface area (Å²) in [6.07, 6.45) is 2.79. The maximum Gasteiger partial charge on any atom is 0.491 e. The second-order valence-corrected chi connectivity index (χ2v) is 2.18. The molecular weight excluding hydrogens is 223 g/mol. The van der Waals surface area contributed by atoms with Crippen LogP contribution in [-0.4, -0.2) is 22.2 Å². The molecule has 1 rings (SSSR count). The van der Waals surface area contributed by atoms with E-state index in [9.17, 15) is 0 Å². The van der Waals surface area contributed by atoms with Crippen molar-refractivity contribution in [3.05, 3.63) is 23.5 Å². The quantitative estimate of drug-likeness (QED) is 0.680. The number of nitrogens with zero attached hydrogens (tertiary/aromatic N) is 1. The molecular formula is C5H7BCl3NO2. The average molecular weight is 230 g/mol. The largest absolute Gasteiger partial charge is 0.491 e. The molecule has 0 aromatic carbocycles. The van der Waals surface area contributed by atoms with E-state index in [1.54, 1.807) is 0 Å². The van der Waals surface area contributed by atoms with Gasteiger partial charge in [0.25, 0.3) is 0 Å². The summed E-state index contributed by atoms with van der Waals surface area (Å²) in [5.41, 5.74) is 0.226. The SMILES string of the molecule is Cl.Cl.OB(O)c1cnccc1Cl. The summed E-state index contributed by atoms with van der Waals surface area (Å²) in [5, 5.41) is 17.6. The van der Waals surface area contributed by atoms with Crippen molar-refractivity contribution in [3.63, 3.8) is 0 Å². The van der Waals surface area contributed by atoms with Gasteiger partial charge in [-0.3, -0.25) is 4.98 Å². The van der Waals surface area contributed by atoms with Gasteiger partial charge >= 0.3 is 7.12 Å². The second-order valence-electron chi connectivity index (χ2n) is 1.77. The number of halogens is 3. The maximum absolute atomic E-state index is 8.64. The summed E-state index contributed by atoms with van der Waals surface area (Å²) in [4.78, 5) is 3.66. The molecule has 0 unspecified atom stereocenters. The first kappa shape index (κ1) is 14.5. The minimum absolute atomic E-state index is 0. The van der Waals surface area contributed by atoms with Gasteiger partial charge in [-0.1, -0.05) is 11.6 Å². The van der Waals surface area contributed by atoms with Crippen molar-refractivity contribution in [1.82, 2.24) is 4.98 Å². The molecule has 1 heterocycles. The van der Waals surface area contributed by atoms with E-state index in [2.05, 4.69) is 4.98 Å². The molecule has 1 aromatic rings. The summed E-state index contributed by atoms with van der Waals surface area (Å²) in [6, 6.07) is 1.50. The number of rotatable bonds is 1. The van der Waals surface area contributed by atoms with E-state index in [0.29, 0.717) is 5.02 Å². The molecule has 0 fully saturated rings. The summed E-state index contributed by atoms with van der Waals surface area (Å²) in [6.45, 7) is 0. The molecule has 2 N–H and O–H groups in total. The second kappa shape index (κ2) is 6.51. The van der Waals surface area contributed by atoms with E-state index in [1.165, 1.54) is 18.5 Å². The Labute approximate surface area is 87.7 Å². The smallest absolute Gasteiger partial charge is 0.423 e. The van der Waals surface area contributed by atoms with E-state index in [1.807, 2.05) is 0 Å². The fraction of sp³-hybridized carbons (Fsp3) is 0. The fourth-order valence-corrected chi connectivity index (χ4v) is 0.782. The predicted molar refractivity (Wildman–Crippen MR) is 53.6 cm³/mol. The molecule has 0 atom stereocenters. The Morgan fingerprint density at radius 3 is 2.25 bits per heavy atom. The van der Waals surface area contributed by atoms with Crippen LogP contribution in [0.15, 0.2) is 18.5 Å². The molecule has 0 aliphatic heterocycles. The molecule has 0 bridgehead atoms. The standard InChI is InChI=1S/C5H5BClNO2.2ClH/c7-5-1-2-8-3-4(5)6(9)10;;/h1-3,9-10H;2*1H. The highest BCUT2D eigenvalue weighted by Gasteiger charge is 2.13. The molecule has 0 saturated carbocycles. The van der Waals surface area contributed by atoms with Gasteiger partial charge in [0.2, 0.25) is 0 Å². The van der Waals surface area contributed by atoms with Crippen molar-refractivity contribution in [2.24, 2.45) is 0 Å². The van der Waals surface area contributed by atoms with Gasteiger partial charge in [-0.25, -0.2) is 0 Å². The van der Waals surface area contributed by atoms with Crippen molar-refractivity contribution in [1.29, 1.82) is 0 Å². The Bertz CT molecular complexity index is 236. The van der Waals surface area contributed by atoms with Gasteiger partial charge in [-0.05, 0) is 6.07 Å². The van der Waals surface area contributed by atoms with Crippen molar-refractivity contribution < 1.29 is 10.0 Å². The lowest BCUT2D eigenvalue weighted by atomic mass is 9.82. The third kappa shape index (κ3) is 3.60. The van der Waals surface area contributed by atoms with Gasteiger partial charge in [0.1, 0.15) is 0 Å². The zero-order chi connectivity index (χ0) is 7.56. The van der Waals surface area contributed by atoms with Crippen LogP contribution >= 0.6 is 36.4 Å². The summed E-state index contributed by atoms with van der Waals surface area (Å²) < 4.78 is 0. The molecule has 0 aliphatic carbocycles. The Balaban J connectivity index is 0. The Morgan fingerprint density at radius 1 is 1.33 bits per heavy atom. The Morgan fingerprint density at radius 2 is 1.92 bits per heavy atom. The molecule has 1 aromatic heterocycles. The molecule has 0 saturated heterocycles. The van der Waals surface area contributed by atoms with Gasteiger partial charge in [0.05, 0.1) is 0 Å². The molecule has 0 spiro atoms. The van der Waals surface area contributed by atoms with Crippen molar-refractivity contribution in [3.8, 4) is 0 Å². The zero-order valence-electron chi connectivity index (χ0n) is 5.85. The van der Waals surface area contributed by atoms with Gasteiger partial charge in [0.15, 0.2) is 0 Å². The minimum Gasteiger partial charge on any atom is -0.423 e. The normalized spacial score (nSPS) is 7.92. The number of aromatic nitrogens is 1. The molecule has 0 radical (unpaired) electrons. The highest BCUT2D eigenvalue weighted by Crippen LogP contribution is 2.01. The molecule has 3 nitrogen and oxygen atoms in total. The van der Waals surface area contributed by atoms with Crippen LogP contribution in [-0.2, 0) is 0 Å². The lowest BCUT2D eigenvalue weighted by Gasteiger charge is -1.98. The first-order valence-electron chi connectivity index (χ1n) is 2.67. The molecule has 68 valence electrons. The van der Waals surface area contributed by atoms with Crippen LogP contribution in [0, 0.1) is 0 Å². The Hall–Kier alpha value is 0.00494. The van der Waals surface area contributed by atoms with Gasteiger partial charge in [-0.2, -0.15) is 0 Å². The van der Waals surface area contributed by atoms with Crippen LogP contribution in [0.25, 0.3) is 0 Å². The lowest BCUT2D eigenvalue weighted by molar-refractivity contribution is 0.425. The molecule has 0 aliphatic rings. The minimum atomic E-state index is -1.54. The summed E-state index contributed by atoms with van der Waals surface area (Å²) in [7, 11) is -1.54. The highest BCUT2D eigenvalue weighted by atomic mass is 35.5. The van der Waals surface area contributed by atoms with Crippen LogP contribution < -0.4 is 5.46 Å². The third-order valence-corrected chi connectivity index (χ3v) is 1.42. The third-order valence-electron chi connectivity index (χ3n) is 1.07. The highest BCUT2D eigenvalue weighted by molar-refractivity contribution is 6.62. The summed E-state index contributed by atoms with van der Waals surface area (Å²) >= 11 is 5.56. The van der Waals surface area contributed by atoms with E-state index < -0.39 is 7.12 Å². The monoisotopic (exact) mass is 229 g/mol. The summed E-state index contributed by atoms with van der Waals surface area (Å²) in [5.74, 6) is 0. The van der Waals surface area contributed by atoms with Crippen LogP contribution in [0.3, 0.4) is 0 Å². The first-order chi connectivity index (χ1) is 4.72. The van der Waals surface area contributed by atoms with Gasteiger partial charge < -0.3 is 10.0 Å². The average Bonchev–Trinajstić information content (AvgIpc) is 1.88. The number of pyridine rings is 1. The predicted octanol–water partition coefficient (Wildman–Crippen LogP) is 0.258. The molecule has 12 heavy (non-hydrogen) atoms. The van der Waals surface area contributed by atoms with Crippen molar-refractivity contribution in [2.45, 2.75) is 0 Å². The van der Waals surface area contributed by atoms with Gasteiger partial charge in [-0.15, -0.1) is 24.8 Å². The number of hydrogen-bond acceptors (Lipinski definition) is 3. The van der Waals surface area contributed by atoms with E-state index in [-0.39, 0.29) is 30.3 Å². The molecule has 7 heteroatoms. The fourth-order valence-electron chi connectivity index (χ4n) is 0.580. The topological polar surface area (TPSA) is 53.4 Å². The van der Waals surface area contributed by atoms with E-state index >= 15 is 0 Å². The van der Waals surface area contributed by atoms with E-state index in [4.69, 9.17) is 21.6 Å². The maximum atomic E-state index is 8.64. The van der Waals surface area contributed by atoms with Gasteiger partial charge in [0, 0.05) is 22.9 Å². The van der Waals surface area contributed by atoms with Crippen LogP contribution in [0.5, 0.6) is 0 Å². The first-order valence-corrected chi connectivity index (χ1v) is 3.05. The van der Waals surface area contributed by atoms with E-state index in [0.717, 1.165) is 0 Å². The van der Waals surface area contributed by atoms with Crippen LogP contribution in [0.1, 0.15) is 0 Å².